The highest BCUT2D eigenvalue weighted by atomic mass is 16.5. The molecular weight excluding hydrogens is 230 g/mol. The van der Waals surface area contributed by atoms with Crippen LogP contribution in [-0.4, -0.2) is 35.6 Å². The van der Waals surface area contributed by atoms with Crippen molar-refractivity contribution in [2.24, 2.45) is 0 Å². The van der Waals surface area contributed by atoms with Crippen molar-refractivity contribution >= 4 is 11.8 Å². The Morgan fingerprint density at radius 1 is 1.33 bits per heavy atom. The smallest absolute Gasteiger partial charge is 0.311 e. The van der Waals surface area contributed by atoms with Crippen molar-refractivity contribution in [2.75, 3.05) is 24.6 Å². The van der Waals surface area contributed by atoms with Gasteiger partial charge in [0.2, 0.25) is 0 Å². The minimum absolute atomic E-state index is 0.219. The standard InChI is InChI=1S/C13H19N3O2/c1-2-18-13(17)9-11-8-12(15-10-14-11)16-6-4-3-5-7-16/h8,10H,2-7,9H2,1H3. The number of esters is 1. The van der Waals surface area contributed by atoms with E-state index in [0.29, 0.717) is 6.61 Å². The minimum atomic E-state index is -0.235. The predicted octanol–water partition coefficient (Wildman–Crippen LogP) is 1.57. The molecule has 98 valence electrons. The SMILES string of the molecule is CCOC(=O)Cc1cc(N2CCCCC2)ncn1. The maximum atomic E-state index is 11.4. The van der Waals surface area contributed by atoms with Gasteiger partial charge in [-0.25, -0.2) is 9.97 Å². The zero-order chi connectivity index (χ0) is 12.8. The lowest BCUT2D eigenvalue weighted by Crippen LogP contribution is -2.30. The van der Waals surface area contributed by atoms with E-state index in [1.807, 2.05) is 6.07 Å². The first-order valence-corrected chi connectivity index (χ1v) is 6.51. The third-order valence-corrected chi connectivity index (χ3v) is 3.02. The largest absolute Gasteiger partial charge is 0.466 e. The van der Waals surface area contributed by atoms with Crippen LogP contribution < -0.4 is 4.90 Å². The first-order chi connectivity index (χ1) is 8.79. The lowest BCUT2D eigenvalue weighted by Gasteiger charge is -2.27. The molecule has 0 N–H and O–H groups in total. The average molecular weight is 249 g/mol. The van der Waals surface area contributed by atoms with E-state index >= 15 is 0 Å². The Morgan fingerprint density at radius 3 is 2.83 bits per heavy atom. The second-order valence-corrected chi connectivity index (χ2v) is 4.40. The van der Waals surface area contributed by atoms with Gasteiger partial charge < -0.3 is 9.64 Å². The number of ether oxygens (including phenoxy) is 1. The summed E-state index contributed by atoms with van der Waals surface area (Å²) in [6.07, 6.45) is 5.45. The van der Waals surface area contributed by atoms with Crippen LogP contribution in [-0.2, 0) is 16.0 Å². The Kier molecular flexibility index (Phi) is 4.50. The highest BCUT2D eigenvalue weighted by Gasteiger charge is 2.13. The molecule has 5 nitrogen and oxygen atoms in total. The quantitative estimate of drug-likeness (QED) is 0.758. The highest BCUT2D eigenvalue weighted by molar-refractivity contribution is 5.72. The van der Waals surface area contributed by atoms with Gasteiger partial charge in [0.1, 0.15) is 12.1 Å². The van der Waals surface area contributed by atoms with Gasteiger partial charge in [0, 0.05) is 19.2 Å². The summed E-state index contributed by atoms with van der Waals surface area (Å²) in [6, 6.07) is 1.89. The van der Waals surface area contributed by atoms with Crippen molar-refractivity contribution in [1.82, 2.24) is 9.97 Å². The van der Waals surface area contributed by atoms with Crippen molar-refractivity contribution in [2.45, 2.75) is 32.6 Å². The lowest BCUT2D eigenvalue weighted by molar-refractivity contribution is -0.142. The molecule has 0 bridgehead atoms. The Labute approximate surface area is 107 Å². The third kappa shape index (κ3) is 3.42. The van der Waals surface area contributed by atoms with Crippen molar-refractivity contribution in [3.8, 4) is 0 Å². The molecule has 0 amide bonds. The van der Waals surface area contributed by atoms with E-state index in [2.05, 4.69) is 14.9 Å². The Balaban J connectivity index is 2.02. The summed E-state index contributed by atoms with van der Waals surface area (Å²) in [5.41, 5.74) is 0.726. The van der Waals surface area contributed by atoms with Crippen molar-refractivity contribution in [3.63, 3.8) is 0 Å². The normalized spacial score (nSPS) is 15.5. The molecule has 0 aromatic carbocycles. The fourth-order valence-corrected chi connectivity index (χ4v) is 2.14. The van der Waals surface area contributed by atoms with Crippen LogP contribution in [0.3, 0.4) is 0 Å². The summed E-state index contributed by atoms with van der Waals surface area (Å²) in [6.45, 7) is 4.28. The van der Waals surface area contributed by atoms with E-state index in [1.54, 1.807) is 6.92 Å². The van der Waals surface area contributed by atoms with Gasteiger partial charge >= 0.3 is 5.97 Å². The number of carbonyl (C=O) groups is 1. The van der Waals surface area contributed by atoms with Crippen molar-refractivity contribution < 1.29 is 9.53 Å². The van der Waals surface area contributed by atoms with E-state index in [-0.39, 0.29) is 12.4 Å². The summed E-state index contributed by atoms with van der Waals surface area (Å²) < 4.78 is 4.92. The van der Waals surface area contributed by atoms with Gasteiger partial charge in [0.15, 0.2) is 0 Å². The molecular formula is C13H19N3O2. The van der Waals surface area contributed by atoms with Crippen LogP contribution in [0.15, 0.2) is 12.4 Å². The average Bonchev–Trinajstić information content (AvgIpc) is 2.40. The van der Waals surface area contributed by atoms with Gasteiger partial charge in [-0.3, -0.25) is 4.79 Å². The molecule has 18 heavy (non-hydrogen) atoms. The van der Waals surface area contributed by atoms with E-state index in [9.17, 15) is 4.79 Å². The van der Waals surface area contributed by atoms with E-state index in [0.717, 1.165) is 24.6 Å². The van der Waals surface area contributed by atoms with E-state index in [4.69, 9.17) is 4.74 Å². The van der Waals surface area contributed by atoms with Gasteiger partial charge in [0.05, 0.1) is 18.7 Å². The number of aromatic nitrogens is 2. The maximum Gasteiger partial charge on any atom is 0.311 e. The number of nitrogens with zero attached hydrogens (tertiary/aromatic N) is 3. The fourth-order valence-electron chi connectivity index (χ4n) is 2.14. The Hall–Kier alpha value is -1.65. The van der Waals surface area contributed by atoms with Gasteiger partial charge in [-0.05, 0) is 26.2 Å². The van der Waals surface area contributed by atoms with Crippen LogP contribution >= 0.6 is 0 Å². The molecule has 1 aliphatic heterocycles. The van der Waals surface area contributed by atoms with Gasteiger partial charge in [-0.2, -0.15) is 0 Å². The van der Waals surface area contributed by atoms with Crippen molar-refractivity contribution in [1.29, 1.82) is 0 Å². The first-order valence-electron chi connectivity index (χ1n) is 6.51. The second kappa shape index (κ2) is 6.33. The van der Waals surface area contributed by atoms with Crippen LogP contribution in [0.4, 0.5) is 5.82 Å². The number of anilines is 1. The summed E-state index contributed by atoms with van der Waals surface area (Å²) in [7, 11) is 0. The molecule has 0 aliphatic carbocycles. The molecule has 1 aromatic heterocycles. The topological polar surface area (TPSA) is 55.3 Å². The molecule has 1 fully saturated rings. The number of carbonyl (C=O) groups excluding carboxylic acids is 1. The zero-order valence-electron chi connectivity index (χ0n) is 10.8. The lowest BCUT2D eigenvalue weighted by atomic mass is 10.1. The predicted molar refractivity (Wildman–Crippen MR) is 68.4 cm³/mol. The molecule has 0 spiro atoms. The molecule has 1 aliphatic rings. The first kappa shape index (κ1) is 12.8. The molecule has 0 atom stereocenters. The molecule has 1 saturated heterocycles. The molecule has 0 saturated carbocycles. The van der Waals surface area contributed by atoms with Crippen LogP contribution in [0.5, 0.6) is 0 Å². The summed E-state index contributed by atoms with van der Waals surface area (Å²) in [5, 5.41) is 0. The third-order valence-electron chi connectivity index (χ3n) is 3.02. The van der Waals surface area contributed by atoms with Crippen molar-refractivity contribution in [3.05, 3.63) is 18.1 Å². The Bertz CT molecular complexity index is 403. The fraction of sp³-hybridized carbons (Fsp3) is 0.615. The number of piperidine rings is 1. The Morgan fingerprint density at radius 2 is 2.11 bits per heavy atom. The molecule has 0 radical (unpaired) electrons. The summed E-state index contributed by atoms with van der Waals surface area (Å²) in [4.78, 5) is 22.1. The number of hydrogen-bond donors (Lipinski definition) is 0. The second-order valence-electron chi connectivity index (χ2n) is 4.40. The van der Waals surface area contributed by atoms with E-state index < -0.39 is 0 Å². The van der Waals surface area contributed by atoms with Crippen LogP contribution in [0.25, 0.3) is 0 Å². The monoisotopic (exact) mass is 249 g/mol. The zero-order valence-corrected chi connectivity index (χ0v) is 10.8. The molecule has 0 unspecified atom stereocenters. The maximum absolute atomic E-state index is 11.4. The van der Waals surface area contributed by atoms with Crippen LogP contribution in [0.1, 0.15) is 31.9 Å². The van der Waals surface area contributed by atoms with Gasteiger partial charge in [-0.15, -0.1) is 0 Å². The number of rotatable bonds is 4. The highest BCUT2D eigenvalue weighted by Crippen LogP contribution is 2.17. The van der Waals surface area contributed by atoms with Gasteiger partial charge in [-0.1, -0.05) is 0 Å². The van der Waals surface area contributed by atoms with Gasteiger partial charge in [0.25, 0.3) is 0 Å². The molecule has 5 heteroatoms. The van der Waals surface area contributed by atoms with Crippen LogP contribution in [0.2, 0.25) is 0 Å². The minimum Gasteiger partial charge on any atom is -0.466 e. The number of hydrogen-bond acceptors (Lipinski definition) is 5. The van der Waals surface area contributed by atoms with Crippen LogP contribution in [0, 0.1) is 0 Å². The molecule has 2 heterocycles. The molecule has 1 aromatic rings. The summed E-state index contributed by atoms with van der Waals surface area (Å²) in [5.74, 6) is 0.685. The molecule has 2 rings (SSSR count). The van der Waals surface area contributed by atoms with E-state index in [1.165, 1.54) is 25.6 Å². The summed E-state index contributed by atoms with van der Waals surface area (Å²) >= 11 is 0.